The molecule has 0 aliphatic heterocycles. The first kappa shape index (κ1) is 16.3. The number of aliphatic carboxylic acids is 3. The van der Waals surface area contributed by atoms with Gasteiger partial charge in [0.25, 0.3) is 0 Å². The van der Waals surface area contributed by atoms with Gasteiger partial charge in [0.15, 0.2) is 0 Å². The van der Waals surface area contributed by atoms with E-state index in [-0.39, 0.29) is 25.9 Å². The lowest BCUT2D eigenvalue weighted by Crippen LogP contribution is -2.37. The molecule has 0 aliphatic carbocycles. The van der Waals surface area contributed by atoms with E-state index in [4.69, 9.17) is 15.3 Å². The molecule has 8 heteroatoms. The van der Waals surface area contributed by atoms with E-state index in [1.807, 2.05) is 0 Å². The van der Waals surface area contributed by atoms with Crippen molar-refractivity contribution in [2.24, 2.45) is 0 Å². The van der Waals surface area contributed by atoms with E-state index < -0.39 is 17.9 Å². The van der Waals surface area contributed by atoms with E-state index in [9.17, 15) is 14.4 Å². The highest BCUT2D eigenvalue weighted by Crippen LogP contribution is 1.91. The van der Waals surface area contributed by atoms with Gasteiger partial charge in [0.2, 0.25) is 0 Å². The van der Waals surface area contributed by atoms with Crippen LogP contribution in [0.25, 0.3) is 0 Å². The fourth-order valence-electron chi connectivity index (χ4n) is 1.27. The van der Waals surface area contributed by atoms with Crippen LogP contribution in [0.1, 0.15) is 12.8 Å². The van der Waals surface area contributed by atoms with Crippen LogP contribution < -0.4 is 5.32 Å². The molecule has 4 N–H and O–H groups in total. The molecule has 0 spiro atoms. The molecule has 0 unspecified atom stereocenters. The first-order valence-corrected chi connectivity index (χ1v) is 5.50. The monoisotopic (exact) mass is 262 g/mol. The highest BCUT2D eigenvalue weighted by atomic mass is 16.4. The number of nitrogens with one attached hydrogen (secondary N) is 1. The van der Waals surface area contributed by atoms with Crippen molar-refractivity contribution >= 4 is 17.9 Å². The normalized spacial score (nSPS) is 10.5. The number of carboxylic acid groups (broad SMARTS) is 3. The smallest absolute Gasteiger partial charge is 0.317 e. The zero-order valence-electron chi connectivity index (χ0n) is 9.96. The molecule has 0 bridgehead atoms. The Morgan fingerprint density at radius 1 is 0.833 bits per heavy atom. The van der Waals surface area contributed by atoms with E-state index in [0.29, 0.717) is 19.6 Å². The minimum absolute atomic E-state index is 0.00590. The highest BCUT2D eigenvalue weighted by molar-refractivity contribution is 5.69. The zero-order chi connectivity index (χ0) is 14.0. The summed E-state index contributed by atoms with van der Waals surface area (Å²) in [6.45, 7) is 1.00. The minimum Gasteiger partial charge on any atom is -0.481 e. The molecule has 0 fully saturated rings. The first-order valence-electron chi connectivity index (χ1n) is 5.50. The molecule has 0 aromatic heterocycles. The third kappa shape index (κ3) is 10.8. The van der Waals surface area contributed by atoms with Crippen molar-refractivity contribution < 1.29 is 29.7 Å². The van der Waals surface area contributed by atoms with E-state index in [1.165, 1.54) is 4.90 Å². The topological polar surface area (TPSA) is 127 Å². The summed E-state index contributed by atoms with van der Waals surface area (Å²) in [6.07, 6.45) is -0.129. The number of carboxylic acids is 3. The molecule has 0 aromatic rings. The average molecular weight is 262 g/mol. The highest BCUT2D eigenvalue weighted by Gasteiger charge is 2.10. The Morgan fingerprint density at radius 2 is 1.44 bits per heavy atom. The van der Waals surface area contributed by atoms with Crippen LogP contribution in [0.4, 0.5) is 0 Å². The van der Waals surface area contributed by atoms with Crippen molar-refractivity contribution in [2.45, 2.75) is 12.8 Å². The minimum atomic E-state index is -1.02. The quantitative estimate of drug-likeness (QED) is 0.346. The number of rotatable bonds is 11. The maximum absolute atomic E-state index is 10.5. The van der Waals surface area contributed by atoms with Crippen LogP contribution in [-0.2, 0) is 14.4 Å². The summed E-state index contributed by atoms with van der Waals surface area (Å²) in [4.78, 5) is 32.6. The van der Waals surface area contributed by atoms with E-state index in [2.05, 4.69) is 5.32 Å². The first-order chi connectivity index (χ1) is 8.41. The van der Waals surface area contributed by atoms with Crippen molar-refractivity contribution in [1.82, 2.24) is 10.2 Å². The molecule has 0 aromatic carbocycles. The van der Waals surface area contributed by atoms with Crippen LogP contribution in [0, 0.1) is 0 Å². The van der Waals surface area contributed by atoms with Crippen LogP contribution in [0.3, 0.4) is 0 Å². The zero-order valence-corrected chi connectivity index (χ0v) is 9.96. The lowest BCUT2D eigenvalue weighted by atomic mass is 10.3. The van der Waals surface area contributed by atoms with Gasteiger partial charge in [-0.25, -0.2) is 0 Å². The Labute approximate surface area is 104 Å². The number of hydrogen-bond acceptors (Lipinski definition) is 5. The summed E-state index contributed by atoms with van der Waals surface area (Å²) >= 11 is 0. The summed E-state index contributed by atoms with van der Waals surface area (Å²) in [7, 11) is 0. The summed E-state index contributed by atoms with van der Waals surface area (Å²) in [5.74, 6) is -2.91. The standard InChI is InChI=1S/C10H18N2O6/c13-8(14)1-3-11-4-6-12(7-10(17)18)5-2-9(15)16/h11H,1-7H2,(H,13,14)(H,15,16)(H,17,18). The lowest BCUT2D eigenvalue weighted by Gasteiger charge is -2.19. The Hall–Kier alpha value is -1.67. The fourth-order valence-corrected chi connectivity index (χ4v) is 1.27. The third-order valence-corrected chi connectivity index (χ3v) is 2.12. The summed E-state index contributed by atoms with van der Waals surface area (Å²) in [5.41, 5.74) is 0. The van der Waals surface area contributed by atoms with Gasteiger partial charge < -0.3 is 20.6 Å². The van der Waals surface area contributed by atoms with E-state index in [1.54, 1.807) is 0 Å². The van der Waals surface area contributed by atoms with Gasteiger partial charge in [-0.15, -0.1) is 0 Å². The predicted octanol–water partition coefficient (Wildman–Crippen LogP) is -1.09. The fraction of sp³-hybridized carbons (Fsp3) is 0.700. The Morgan fingerprint density at radius 3 is 1.94 bits per heavy atom. The molecule has 0 rings (SSSR count). The maximum Gasteiger partial charge on any atom is 0.317 e. The van der Waals surface area contributed by atoms with E-state index >= 15 is 0 Å². The lowest BCUT2D eigenvalue weighted by molar-refractivity contribution is -0.141. The van der Waals surface area contributed by atoms with Crippen LogP contribution in [0.2, 0.25) is 0 Å². The van der Waals surface area contributed by atoms with Crippen molar-refractivity contribution in [3.63, 3.8) is 0 Å². The van der Waals surface area contributed by atoms with Gasteiger partial charge in [0, 0.05) is 26.2 Å². The molecule has 0 amide bonds. The van der Waals surface area contributed by atoms with E-state index in [0.717, 1.165) is 0 Å². The largest absolute Gasteiger partial charge is 0.481 e. The summed E-state index contributed by atoms with van der Waals surface area (Å²) in [6, 6.07) is 0. The van der Waals surface area contributed by atoms with Gasteiger partial charge in [-0.05, 0) is 0 Å². The number of nitrogens with zero attached hydrogens (tertiary/aromatic N) is 1. The summed E-state index contributed by atoms with van der Waals surface area (Å²) in [5, 5.41) is 28.4. The molecule has 0 aliphatic rings. The van der Waals surface area contributed by atoms with Crippen LogP contribution >= 0.6 is 0 Å². The van der Waals surface area contributed by atoms with Crippen molar-refractivity contribution in [1.29, 1.82) is 0 Å². The second-order valence-corrected chi connectivity index (χ2v) is 3.71. The van der Waals surface area contributed by atoms with Crippen LogP contribution in [-0.4, -0.2) is 70.9 Å². The molecule has 104 valence electrons. The molecule has 18 heavy (non-hydrogen) atoms. The van der Waals surface area contributed by atoms with Crippen LogP contribution in [0.5, 0.6) is 0 Å². The van der Waals surface area contributed by atoms with Gasteiger partial charge in [0.05, 0.1) is 19.4 Å². The third-order valence-electron chi connectivity index (χ3n) is 2.12. The Bertz CT molecular complexity index is 294. The van der Waals surface area contributed by atoms with Crippen molar-refractivity contribution in [2.75, 3.05) is 32.7 Å². The molecule has 0 radical (unpaired) electrons. The molecule has 0 saturated carbocycles. The van der Waals surface area contributed by atoms with Crippen molar-refractivity contribution in [3.05, 3.63) is 0 Å². The summed E-state index contributed by atoms with van der Waals surface area (Å²) < 4.78 is 0. The molecule has 0 atom stereocenters. The molecule has 0 saturated heterocycles. The number of carbonyl (C=O) groups is 3. The average Bonchev–Trinajstić information content (AvgIpc) is 2.23. The van der Waals surface area contributed by atoms with Gasteiger partial charge in [-0.2, -0.15) is 0 Å². The maximum atomic E-state index is 10.5. The molecular weight excluding hydrogens is 244 g/mol. The van der Waals surface area contributed by atoms with Gasteiger partial charge in [0.1, 0.15) is 0 Å². The van der Waals surface area contributed by atoms with Gasteiger partial charge in [-0.3, -0.25) is 19.3 Å². The second kappa shape index (κ2) is 9.37. The van der Waals surface area contributed by atoms with Crippen molar-refractivity contribution in [3.8, 4) is 0 Å². The van der Waals surface area contributed by atoms with Crippen LogP contribution in [0.15, 0.2) is 0 Å². The number of hydrogen-bond donors (Lipinski definition) is 4. The SMILES string of the molecule is O=C(O)CCNCCN(CCC(=O)O)CC(=O)O. The van der Waals surface area contributed by atoms with Gasteiger partial charge in [-0.1, -0.05) is 0 Å². The predicted molar refractivity (Wildman–Crippen MR) is 61.5 cm³/mol. The Balaban J connectivity index is 3.81. The molecular formula is C10H18N2O6. The van der Waals surface area contributed by atoms with Gasteiger partial charge >= 0.3 is 17.9 Å². The second-order valence-electron chi connectivity index (χ2n) is 3.71. The Kier molecular flexibility index (Phi) is 8.50. The molecule has 0 heterocycles. The molecule has 8 nitrogen and oxygen atoms in total.